The highest BCUT2D eigenvalue weighted by molar-refractivity contribution is 5.85. The fraction of sp³-hybridized carbons (Fsp3) is 0.438. The maximum atomic E-state index is 9.08. The molecule has 0 aliphatic heterocycles. The number of benzene rings is 1. The van der Waals surface area contributed by atoms with Crippen LogP contribution in [0.5, 0.6) is 0 Å². The number of methoxy groups -OCH3 is 1. The molecule has 2 aromatic rings. The Labute approximate surface area is 120 Å². The molecule has 0 aliphatic rings. The Bertz CT molecular complexity index is 583. The highest BCUT2D eigenvalue weighted by Crippen LogP contribution is 2.20. The average Bonchev–Trinajstić information content (AvgIpc) is 2.89. The van der Waals surface area contributed by atoms with Crippen molar-refractivity contribution in [2.75, 3.05) is 26.8 Å². The van der Waals surface area contributed by atoms with E-state index >= 15 is 0 Å². The lowest BCUT2D eigenvalue weighted by Gasteiger charge is -2.07. The molecule has 0 aliphatic carbocycles. The molecule has 1 aromatic heterocycles. The van der Waals surface area contributed by atoms with E-state index in [1.807, 2.05) is 18.2 Å². The van der Waals surface area contributed by atoms with Crippen LogP contribution in [0, 0.1) is 11.3 Å². The Hall–Kier alpha value is -1.83. The number of nitrogens with zero attached hydrogens (tertiary/aromatic N) is 2. The second kappa shape index (κ2) is 7.68. The van der Waals surface area contributed by atoms with Crippen LogP contribution in [0.1, 0.15) is 18.4 Å². The summed E-state index contributed by atoms with van der Waals surface area (Å²) in [4.78, 5) is 0. The van der Waals surface area contributed by atoms with Crippen LogP contribution >= 0.6 is 0 Å². The van der Waals surface area contributed by atoms with E-state index in [4.69, 9.17) is 10.00 Å². The molecule has 20 heavy (non-hydrogen) atoms. The number of nitrogens with one attached hydrogen (secondary N) is 1. The first-order chi connectivity index (χ1) is 9.86. The Kier molecular flexibility index (Phi) is 5.60. The molecule has 0 radical (unpaired) electrons. The van der Waals surface area contributed by atoms with Gasteiger partial charge in [0.25, 0.3) is 0 Å². The number of aromatic nitrogens is 1. The van der Waals surface area contributed by atoms with E-state index in [1.165, 1.54) is 0 Å². The van der Waals surface area contributed by atoms with Crippen molar-refractivity contribution in [1.82, 2.24) is 9.88 Å². The number of unbranched alkanes of at least 4 members (excludes halogenated alkanes) is 1. The van der Waals surface area contributed by atoms with Crippen LogP contribution in [0.25, 0.3) is 10.9 Å². The molecule has 0 unspecified atom stereocenters. The van der Waals surface area contributed by atoms with E-state index < -0.39 is 0 Å². The summed E-state index contributed by atoms with van der Waals surface area (Å²) >= 11 is 0. The molecule has 0 spiro atoms. The summed E-state index contributed by atoms with van der Waals surface area (Å²) in [6.07, 6.45) is 4.34. The van der Waals surface area contributed by atoms with Gasteiger partial charge in [0.15, 0.2) is 0 Å². The van der Waals surface area contributed by atoms with Crippen molar-refractivity contribution in [3.05, 3.63) is 36.0 Å². The monoisotopic (exact) mass is 271 g/mol. The van der Waals surface area contributed by atoms with Gasteiger partial charge in [-0.1, -0.05) is 6.07 Å². The Morgan fingerprint density at radius 1 is 1.25 bits per heavy atom. The lowest BCUT2D eigenvalue weighted by Crippen LogP contribution is -2.20. The number of rotatable bonds is 8. The van der Waals surface area contributed by atoms with Crippen LogP contribution < -0.4 is 5.32 Å². The molecule has 106 valence electrons. The second-order valence-electron chi connectivity index (χ2n) is 4.81. The third-order valence-electron chi connectivity index (χ3n) is 3.42. The van der Waals surface area contributed by atoms with Crippen LogP contribution in [0.4, 0.5) is 0 Å². The summed E-state index contributed by atoms with van der Waals surface area (Å²) in [6.45, 7) is 3.68. The molecule has 0 bridgehead atoms. The van der Waals surface area contributed by atoms with Gasteiger partial charge in [0.2, 0.25) is 0 Å². The fourth-order valence-corrected chi connectivity index (χ4v) is 2.35. The molecule has 4 heteroatoms. The van der Waals surface area contributed by atoms with Gasteiger partial charge in [0, 0.05) is 37.3 Å². The lowest BCUT2D eigenvalue weighted by molar-refractivity contribution is 0.199. The molecular formula is C16H21N3O. The third-order valence-corrected chi connectivity index (χ3v) is 3.42. The summed E-state index contributed by atoms with van der Waals surface area (Å²) in [6, 6.07) is 10.2. The van der Waals surface area contributed by atoms with Gasteiger partial charge in [-0.05, 0) is 37.6 Å². The fourth-order valence-electron chi connectivity index (χ4n) is 2.35. The second-order valence-corrected chi connectivity index (χ2v) is 4.81. The smallest absolute Gasteiger partial charge is 0.0998 e. The summed E-state index contributed by atoms with van der Waals surface area (Å²) in [5.41, 5.74) is 1.90. The van der Waals surface area contributed by atoms with Crippen molar-refractivity contribution < 1.29 is 4.74 Å². The van der Waals surface area contributed by atoms with E-state index in [9.17, 15) is 0 Å². The topological polar surface area (TPSA) is 50.0 Å². The van der Waals surface area contributed by atoms with Gasteiger partial charge < -0.3 is 14.6 Å². The minimum atomic E-state index is 0.752. The minimum Gasteiger partial charge on any atom is -0.383 e. The van der Waals surface area contributed by atoms with E-state index in [2.05, 4.69) is 28.2 Å². The zero-order chi connectivity index (χ0) is 14.2. The molecule has 1 aromatic carbocycles. The number of hydrogen-bond donors (Lipinski definition) is 1. The van der Waals surface area contributed by atoms with Crippen molar-refractivity contribution in [3.8, 4) is 6.07 Å². The predicted octanol–water partition coefficient (Wildman–Crippen LogP) is 2.53. The Morgan fingerprint density at radius 3 is 2.95 bits per heavy atom. The molecule has 1 N–H and O–H groups in total. The van der Waals surface area contributed by atoms with E-state index in [-0.39, 0.29) is 0 Å². The van der Waals surface area contributed by atoms with E-state index in [0.29, 0.717) is 0 Å². The Morgan fingerprint density at radius 2 is 2.15 bits per heavy atom. The van der Waals surface area contributed by atoms with Crippen LogP contribution in [0.2, 0.25) is 0 Å². The summed E-state index contributed by atoms with van der Waals surface area (Å²) < 4.78 is 7.21. The molecule has 0 saturated carbocycles. The zero-order valence-electron chi connectivity index (χ0n) is 11.9. The highest BCUT2D eigenvalue weighted by Gasteiger charge is 2.04. The van der Waals surface area contributed by atoms with E-state index in [1.54, 1.807) is 7.11 Å². The first-order valence-corrected chi connectivity index (χ1v) is 7.04. The predicted molar refractivity (Wildman–Crippen MR) is 80.6 cm³/mol. The summed E-state index contributed by atoms with van der Waals surface area (Å²) in [5, 5.41) is 13.5. The van der Waals surface area contributed by atoms with Crippen LogP contribution in [-0.2, 0) is 11.3 Å². The largest absolute Gasteiger partial charge is 0.383 e. The van der Waals surface area contributed by atoms with Gasteiger partial charge in [-0.3, -0.25) is 0 Å². The molecule has 4 nitrogen and oxygen atoms in total. The number of hydrogen-bond acceptors (Lipinski definition) is 3. The lowest BCUT2D eigenvalue weighted by atomic mass is 10.1. The number of ether oxygens (including phenoxy) is 1. The molecule has 2 rings (SSSR count). The van der Waals surface area contributed by atoms with Crippen LogP contribution in [0.3, 0.4) is 0 Å². The normalized spacial score (nSPS) is 10.8. The van der Waals surface area contributed by atoms with Gasteiger partial charge >= 0.3 is 0 Å². The van der Waals surface area contributed by atoms with Crippen molar-refractivity contribution in [1.29, 1.82) is 5.26 Å². The SMILES string of the molecule is COCCNCCCCn1ccc2c(C#N)cccc21. The van der Waals surface area contributed by atoms with Gasteiger partial charge in [0.1, 0.15) is 0 Å². The van der Waals surface area contributed by atoms with Crippen molar-refractivity contribution >= 4 is 10.9 Å². The zero-order valence-corrected chi connectivity index (χ0v) is 11.9. The summed E-state index contributed by atoms with van der Waals surface area (Å²) in [5.74, 6) is 0. The highest BCUT2D eigenvalue weighted by atomic mass is 16.5. The van der Waals surface area contributed by atoms with Crippen molar-refractivity contribution in [2.45, 2.75) is 19.4 Å². The molecule has 0 fully saturated rings. The molecule has 0 atom stereocenters. The maximum Gasteiger partial charge on any atom is 0.0998 e. The maximum absolute atomic E-state index is 9.08. The number of aryl methyl sites for hydroxylation is 1. The Balaban J connectivity index is 1.84. The molecule has 0 amide bonds. The van der Waals surface area contributed by atoms with Gasteiger partial charge in [-0.2, -0.15) is 5.26 Å². The van der Waals surface area contributed by atoms with E-state index in [0.717, 1.165) is 55.5 Å². The standard InChI is InChI=1S/C16H21N3O/c1-20-12-9-18-8-2-3-10-19-11-7-15-14(13-17)5-4-6-16(15)19/h4-7,11,18H,2-3,8-10,12H2,1H3. The average molecular weight is 271 g/mol. The number of fused-ring (bicyclic) bond motifs is 1. The van der Waals surface area contributed by atoms with Crippen molar-refractivity contribution in [3.63, 3.8) is 0 Å². The van der Waals surface area contributed by atoms with Crippen LogP contribution in [0.15, 0.2) is 30.5 Å². The molecule has 1 heterocycles. The number of nitriles is 1. The molecular weight excluding hydrogens is 250 g/mol. The first kappa shape index (κ1) is 14.6. The van der Waals surface area contributed by atoms with Gasteiger partial charge in [-0.25, -0.2) is 0 Å². The van der Waals surface area contributed by atoms with Crippen LogP contribution in [-0.4, -0.2) is 31.4 Å². The van der Waals surface area contributed by atoms with Crippen molar-refractivity contribution in [2.24, 2.45) is 0 Å². The van der Waals surface area contributed by atoms with Gasteiger partial charge in [-0.15, -0.1) is 0 Å². The first-order valence-electron chi connectivity index (χ1n) is 7.04. The summed E-state index contributed by atoms with van der Waals surface area (Å²) in [7, 11) is 1.72. The van der Waals surface area contributed by atoms with Gasteiger partial charge in [0.05, 0.1) is 18.2 Å². The quantitative estimate of drug-likeness (QED) is 0.751. The third kappa shape index (κ3) is 3.60. The minimum absolute atomic E-state index is 0.752. The molecule has 0 saturated heterocycles.